The van der Waals surface area contributed by atoms with Crippen molar-refractivity contribution in [3.8, 4) is 0 Å². The Morgan fingerprint density at radius 3 is 2.56 bits per heavy atom. The molecule has 0 radical (unpaired) electrons. The molecule has 0 spiro atoms. The second-order valence-electron chi connectivity index (χ2n) is 4.66. The van der Waals surface area contributed by atoms with E-state index in [-0.39, 0.29) is 11.9 Å². The van der Waals surface area contributed by atoms with E-state index in [0.29, 0.717) is 12.5 Å². The first-order valence-electron chi connectivity index (χ1n) is 5.78. The third-order valence-electron chi connectivity index (χ3n) is 2.86. The molecule has 3 nitrogen and oxygen atoms in total. The number of carbonyl (C=O) groups is 1. The number of nitrogens with zero attached hydrogens (tertiary/aromatic N) is 1. The molecule has 1 amide bonds. The van der Waals surface area contributed by atoms with Crippen LogP contribution in [-0.2, 0) is 0 Å². The lowest BCUT2D eigenvalue weighted by Gasteiger charge is -2.21. The Morgan fingerprint density at radius 1 is 1.50 bits per heavy atom. The molecule has 1 rings (SSSR count). The van der Waals surface area contributed by atoms with E-state index in [2.05, 4.69) is 45.7 Å². The number of carbonyl (C=O) groups excluding carboxylic acids is 1. The van der Waals surface area contributed by atoms with Crippen molar-refractivity contribution in [2.24, 2.45) is 11.7 Å². The summed E-state index contributed by atoms with van der Waals surface area (Å²) in [5.74, 6) is 0.487. The third-order valence-corrected chi connectivity index (χ3v) is 6.10. The monoisotopic (exact) mass is 396 g/mol. The van der Waals surface area contributed by atoms with Crippen molar-refractivity contribution < 1.29 is 4.79 Å². The van der Waals surface area contributed by atoms with Gasteiger partial charge in [0.25, 0.3) is 5.91 Å². The van der Waals surface area contributed by atoms with E-state index < -0.39 is 0 Å². The zero-order valence-corrected chi connectivity index (χ0v) is 14.7. The minimum atomic E-state index is 0.0438. The molecule has 0 aliphatic carbocycles. The summed E-state index contributed by atoms with van der Waals surface area (Å²) >= 11 is 8.22. The molecule has 18 heavy (non-hydrogen) atoms. The number of amides is 1. The third kappa shape index (κ3) is 4.33. The molecule has 1 aromatic heterocycles. The average molecular weight is 398 g/mol. The molecule has 2 N–H and O–H groups in total. The molecule has 0 aliphatic heterocycles. The number of nitrogens with two attached hydrogens (primary N) is 1. The number of rotatable bonds is 5. The number of hydrogen-bond acceptors (Lipinski definition) is 3. The fourth-order valence-electron chi connectivity index (χ4n) is 1.42. The van der Waals surface area contributed by atoms with Crippen molar-refractivity contribution in [2.75, 3.05) is 13.6 Å². The molecule has 0 fully saturated rings. The smallest absolute Gasteiger partial charge is 0.263 e. The largest absolute Gasteiger partial charge is 0.341 e. The van der Waals surface area contributed by atoms with E-state index in [1.54, 1.807) is 4.90 Å². The predicted molar refractivity (Wildman–Crippen MR) is 84.1 cm³/mol. The van der Waals surface area contributed by atoms with E-state index in [1.165, 1.54) is 11.3 Å². The normalized spacial score (nSPS) is 12.8. The van der Waals surface area contributed by atoms with E-state index in [4.69, 9.17) is 5.73 Å². The Balaban J connectivity index is 2.56. The Morgan fingerprint density at radius 2 is 2.11 bits per heavy atom. The van der Waals surface area contributed by atoms with Crippen LogP contribution in [0.2, 0.25) is 0 Å². The van der Waals surface area contributed by atoms with Crippen LogP contribution < -0.4 is 5.73 Å². The highest BCUT2D eigenvalue weighted by atomic mass is 79.9. The fraction of sp³-hybridized carbons (Fsp3) is 0.583. The molecule has 102 valence electrons. The molecule has 0 aromatic carbocycles. The number of thiophene rings is 1. The van der Waals surface area contributed by atoms with Crippen molar-refractivity contribution in [3.05, 3.63) is 19.2 Å². The molecule has 0 saturated carbocycles. The molecule has 1 atom stereocenters. The summed E-state index contributed by atoms with van der Waals surface area (Å²) in [6.07, 6.45) is 0.827. The maximum absolute atomic E-state index is 12.1. The van der Waals surface area contributed by atoms with E-state index >= 15 is 0 Å². The molecule has 0 aliphatic rings. The van der Waals surface area contributed by atoms with Crippen LogP contribution in [0.1, 0.15) is 29.9 Å². The predicted octanol–water partition coefficient (Wildman–Crippen LogP) is 3.72. The molecule has 1 unspecified atom stereocenters. The van der Waals surface area contributed by atoms with Gasteiger partial charge in [-0.15, -0.1) is 11.3 Å². The van der Waals surface area contributed by atoms with Crippen LogP contribution in [0, 0.1) is 5.92 Å². The molecular formula is C12H18Br2N2OS. The second kappa shape index (κ2) is 7.03. The highest BCUT2D eigenvalue weighted by molar-refractivity contribution is 9.13. The van der Waals surface area contributed by atoms with E-state index in [9.17, 15) is 4.79 Å². The van der Waals surface area contributed by atoms with Crippen LogP contribution in [0.3, 0.4) is 0 Å². The van der Waals surface area contributed by atoms with Crippen molar-refractivity contribution in [3.63, 3.8) is 0 Å². The van der Waals surface area contributed by atoms with E-state index in [0.717, 1.165) is 19.6 Å². The van der Waals surface area contributed by atoms with Gasteiger partial charge in [0, 0.05) is 24.1 Å². The SMILES string of the molecule is CC(C)C(N)CCN(C)C(=O)c1cc(Br)c(Br)s1. The fourth-order valence-corrected chi connectivity index (χ4v) is 3.45. The zero-order chi connectivity index (χ0) is 13.9. The first-order chi connectivity index (χ1) is 8.32. The quantitative estimate of drug-likeness (QED) is 0.822. The van der Waals surface area contributed by atoms with Gasteiger partial charge in [-0.1, -0.05) is 13.8 Å². The van der Waals surface area contributed by atoms with Crippen LogP contribution in [0.15, 0.2) is 14.3 Å². The van der Waals surface area contributed by atoms with Gasteiger partial charge < -0.3 is 10.6 Å². The molecule has 0 bridgehead atoms. The van der Waals surface area contributed by atoms with Crippen LogP contribution in [0.25, 0.3) is 0 Å². The summed E-state index contributed by atoms with van der Waals surface area (Å²) in [5, 5.41) is 0. The molecule has 1 aromatic rings. The number of hydrogen-bond donors (Lipinski definition) is 1. The summed E-state index contributed by atoms with van der Waals surface area (Å²) in [4.78, 5) is 14.6. The Bertz CT molecular complexity index is 401. The van der Waals surface area contributed by atoms with Gasteiger partial charge in [-0.2, -0.15) is 0 Å². The first-order valence-corrected chi connectivity index (χ1v) is 8.19. The maximum atomic E-state index is 12.1. The van der Waals surface area contributed by atoms with Crippen molar-refractivity contribution in [1.82, 2.24) is 4.90 Å². The van der Waals surface area contributed by atoms with Gasteiger partial charge in [0.2, 0.25) is 0 Å². The lowest BCUT2D eigenvalue weighted by molar-refractivity contribution is 0.0794. The zero-order valence-electron chi connectivity index (χ0n) is 10.7. The van der Waals surface area contributed by atoms with Gasteiger partial charge in [0.1, 0.15) is 0 Å². The minimum absolute atomic E-state index is 0.0438. The van der Waals surface area contributed by atoms with Gasteiger partial charge in [-0.3, -0.25) is 4.79 Å². The standard InChI is InChI=1S/C12H18Br2N2OS/c1-7(2)9(15)4-5-16(3)12(17)10-6-8(13)11(14)18-10/h6-7,9H,4-5,15H2,1-3H3. The van der Waals surface area contributed by atoms with Crippen LogP contribution >= 0.6 is 43.2 Å². The van der Waals surface area contributed by atoms with E-state index in [1.807, 2.05) is 13.1 Å². The van der Waals surface area contributed by atoms with Gasteiger partial charge in [0.05, 0.1) is 8.66 Å². The first kappa shape index (κ1) is 16.1. The van der Waals surface area contributed by atoms with Crippen LogP contribution in [-0.4, -0.2) is 30.4 Å². The molecular weight excluding hydrogens is 380 g/mol. The van der Waals surface area contributed by atoms with Gasteiger partial charge in [0.15, 0.2) is 0 Å². The summed E-state index contributed by atoms with van der Waals surface area (Å²) in [7, 11) is 1.82. The summed E-state index contributed by atoms with van der Waals surface area (Å²) in [6, 6.07) is 1.98. The van der Waals surface area contributed by atoms with Crippen LogP contribution in [0.4, 0.5) is 0 Å². The average Bonchev–Trinajstić information content (AvgIpc) is 2.64. The van der Waals surface area contributed by atoms with Crippen LogP contribution in [0.5, 0.6) is 0 Å². The van der Waals surface area contributed by atoms with Crippen molar-refractivity contribution in [1.29, 1.82) is 0 Å². The van der Waals surface area contributed by atoms with Crippen molar-refractivity contribution >= 4 is 49.1 Å². The number of halogens is 2. The minimum Gasteiger partial charge on any atom is -0.341 e. The lowest BCUT2D eigenvalue weighted by Crippen LogP contribution is -2.34. The molecule has 1 heterocycles. The lowest BCUT2D eigenvalue weighted by atomic mass is 10.0. The second-order valence-corrected chi connectivity index (χ2v) is 7.88. The summed E-state index contributed by atoms with van der Waals surface area (Å²) < 4.78 is 1.86. The van der Waals surface area contributed by atoms with Gasteiger partial charge >= 0.3 is 0 Å². The maximum Gasteiger partial charge on any atom is 0.263 e. The highest BCUT2D eigenvalue weighted by Gasteiger charge is 2.17. The topological polar surface area (TPSA) is 46.3 Å². The van der Waals surface area contributed by atoms with Crippen molar-refractivity contribution in [2.45, 2.75) is 26.3 Å². The Hall–Kier alpha value is 0.0900. The Kier molecular flexibility index (Phi) is 6.30. The van der Waals surface area contributed by atoms with Gasteiger partial charge in [-0.05, 0) is 50.3 Å². The highest BCUT2D eigenvalue weighted by Crippen LogP contribution is 2.32. The molecule has 6 heteroatoms. The molecule has 0 saturated heterocycles. The summed E-state index contributed by atoms with van der Waals surface area (Å²) in [6.45, 7) is 4.88. The summed E-state index contributed by atoms with van der Waals surface area (Å²) in [5.41, 5.74) is 5.98. The Labute approximate surface area is 129 Å². The van der Waals surface area contributed by atoms with Gasteiger partial charge in [-0.25, -0.2) is 0 Å².